The molecule has 0 unspecified atom stereocenters. The van der Waals surface area contributed by atoms with Gasteiger partial charge in [0.05, 0.1) is 21.9 Å². The molecule has 35 heavy (non-hydrogen) atoms. The Morgan fingerprint density at radius 2 is 1.77 bits per heavy atom. The lowest BCUT2D eigenvalue weighted by Gasteiger charge is -2.28. The summed E-state index contributed by atoms with van der Waals surface area (Å²) in [7, 11) is 1.84. The van der Waals surface area contributed by atoms with E-state index in [1.165, 1.54) is 5.56 Å². The zero-order chi connectivity index (χ0) is 25.1. The van der Waals surface area contributed by atoms with Crippen LogP contribution >= 0.6 is 22.9 Å². The largest absolute Gasteiger partial charge is 0.368 e. The van der Waals surface area contributed by atoms with Crippen molar-refractivity contribution in [2.24, 2.45) is 0 Å². The number of rotatable bonds is 4. The maximum absolute atomic E-state index is 12.3. The van der Waals surface area contributed by atoms with Gasteiger partial charge in [0.15, 0.2) is 0 Å². The van der Waals surface area contributed by atoms with Gasteiger partial charge in [-0.3, -0.25) is 4.79 Å². The molecule has 0 bridgehead atoms. The van der Waals surface area contributed by atoms with Gasteiger partial charge in [0.2, 0.25) is 0 Å². The Kier molecular flexibility index (Phi) is 5.99. The first-order chi connectivity index (χ1) is 16.5. The number of carbonyl (C=O) groups is 1. The Morgan fingerprint density at radius 1 is 1.09 bits per heavy atom. The average Bonchev–Trinajstić information content (AvgIpc) is 3.32. The van der Waals surface area contributed by atoms with Crippen LogP contribution in [0.3, 0.4) is 0 Å². The SMILES string of the molecule is Cc1cc2nc(-c3ccc4c(c3)CN(C)C4=O)sc2c(-c2ccc(Cl)cc2)c1[C@@H](C)OC(C)(C)C. The van der Waals surface area contributed by atoms with Crippen LogP contribution in [0.25, 0.3) is 31.9 Å². The number of halogens is 1. The number of ether oxygens (including phenoxy) is 1. The molecule has 5 rings (SSSR count). The molecule has 2 heterocycles. The smallest absolute Gasteiger partial charge is 0.254 e. The summed E-state index contributed by atoms with van der Waals surface area (Å²) in [5.41, 5.74) is 8.13. The average molecular weight is 505 g/mol. The lowest BCUT2D eigenvalue weighted by Crippen LogP contribution is -2.22. The summed E-state index contributed by atoms with van der Waals surface area (Å²) in [6.07, 6.45) is -0.0998. The summed E-state index contributed by atoms with van der Waals surface area (Å²) in [5.74, 6) is 0.0778. The molecule has 1 amide bonds. The summed E-state index contributed by atoms with van der Waals surface area (Å²) in [4.78, 5) is 19.1. The van der Waals surface area contributed by atoms with Crippen molar-refractivity contribution in [2.45, 2.75) is 52.9 Å². The normalized spacial score (nSPS) is 14.6. The molecule has 0 saturated heterocycles. The fourth-order valence-corrected chi connectivity index (χ4v) is 6.20. The highest BCUT2D eigenvalue weighted by Crippen LogP contribution is 2.44. The number of thiazole rings is 1. The molecule has 0 aliphatic carbocycles. The molecule has 6 heteroatoms. The number of fused-ring (bicyclic) bond motifs is 2. The van der Waals surface area contributed by atoms with E-state index in [1.807, 2.05) is 31.3 Å². The second-order valence-corrected chi connectivity index (χ2v) is 11.7. The topological polar surface area (TPSA) is 42.4 Å². The van der Waals surface area contributed by atoms with Gasteiger partial charge in [-0.25, -0.2) is 4.98 Å². The summed E-state index contributed by atoms with van der Waals surface area (Å²) < 4.78 is 7.55. The van der Waals surface area contributed by atoms with Gasteiger partial charge in [-0.1, -0.05) is 29.8 Å². The Labute approximate surface area is 215 Å². The predicted molar refractivity (Wildman–Crippen MR) is 145 cm³/mol. The van der Waals surface area contributed by atoms with E-state index >= 15 is 0 Å². The predicted octanol–water partition coefficient (Wildman–Crippen LogP) is 8.05. The molecule has 1 aromatic heterocycles. The van der Waals surface area contributed by atoms with Crippen molar-refractivity contribution in [3.05, 3.63) is 75.8 Å². The van der Waals surface area contributed by atoms with E-state index in [2.05, 4.69) is 58.9 Å². The molecule has 0 N–H and O–H groups in total. The van der Waals surface area contributed by atoms with Crippen molar-refractivity contribution < 1.29 is 9.53 Å². The Bertz CT molecular complexity index is 1450. The Hall–Kier alpha value is -2.73. The van der Waals surface area contributed by atoms with Gasteiger partial charge in [-0.05, 0) is 87.2 Å². The molecule has 0 radical (unpaired) electrons. The van der Waals surface area contributed by atoms with E-state index in [-0.39, 0.29) is 17.6 Å². The molecule has 180 valence electrons. The van der Waals surface area contributed by atoms with Crippen molar-refractivity contribution >= 4 is 39.1 Å². The molecular formula is C29H29ClN2O2S. The van der Waals surface area contributed by atoms with Crippen molar-refractivity contribution in [1.29, 1.82) is 0 Å². The standard InChI is InChI=1S/C29H29ClN2O2S/c1-16-13-23-26(35-27(31-23)19-9-12-22-20(14-19)15-32(6)28(22)33)25(18-7-10-21(30)11-8-18)24(16)17(2)34-29(3,4)5/h7-14,17H,15H2,1-6H3/t17-/m1/s1. The van der Waals surface area contributed by atoms with E-state index in [1.54, 1.807) is 16.2 Å². The number of carbonyl (C=O) groups excluding carboxylic acids is 1. The van der Waals surface area contributed by atoms with Gasteiger partial charge in [-0.15, -0.1) is 11.3 Å². The number of hydrogen-bond acceptors (Lipinski definition) is 4. The minimum absolute atomic E-state index is 0.0778. The summed E-state index contributed by atoms with van der Waals surface area (Å²) in [5, 5.41) is 1.65. The third-order valence-corrected chi connectivity index (χ3v) is 7.72. The van der Waals surface area contributed by atoms with Gasteiger partial charge in [0.25, 0.3) is 5.91 Å². The molecule has 3 aromatic carbocycles. The fourth-order valence-electron chi connectivity index (χ4n) is 4.95. The molecule has 1 aliphatic heterocycles. The highest BCUT2D eigenvalue weighted by molar-refractivity contribution is 7.22. The summed E-state index contributed by atoms with van der Waals surface area (Å²) in [6.45, 7) is 11.1. The number of hydrogen-bond donors (Lipinski definition) is 0. The minimum Gasteiger partial charge on any atom is -0.368 e. The van der Waals surface area contributed by atoms with Gasteiger partial charge < -0.3 is 9.64 Å². The van der Waals surface area contributed by atoms with Crippen molar-refractivity contribution in [1.82, 2.24) is 9.88 Å². The van der Waals surface area contributed by atoms with Crippen molar-refractivity contribution in [3.8, 4) is 21.7 Å². The van der Waals surface area contributed by atoms with E-state index in [9.17, 15) is 4.79 Å². The van der Waals surface area contributed by atoms with E-state index < -0.39 is 0 Å². The number of aromatic nitrogens is 1. The number of amides is 1. The Morgan fingerprint density at radius 3 is 2.46 bits per heavy atom. The first-order valence-corrected chi connectivity index (χ1v) is 13.0. The van der Waals surface area contributed by atoms with Crippen LogP contribution in [0.15, 0.2) is 48.5 Å². The van der Waals surface area contributed by atoms with Crippen LogP contribution in [0, 0.1) is 6.92 Å². The van der Waals surface area contributed by atoms with Crippen LogP contribution in [0.2, 0.25) is 5.02 Å². The molecule has 4 nitrogen and oxygen atoms in total. The summed E-state index contributed by atoms with van der Waals surface area (Å²) in [6, 6.07) is 16.2. The maximum Gasteiger partial charge on any atom is 0.254 e. The second-order valence-electron chi connectivity index (χ2n) is 10.3. The Balaban J connectivity index is 1.70. The number of aryl methyl sites for hydroxylation is 1. The third kappa shape index (κ3) is 4.49. The van der Waals surface area contributed by atoms with Crippen LogP contribution in [0.1, 0.15) is 60.8 Å². The van der Waals surface area contributed by atoms with Crippen molar-refractivity contribution in [2.75, 3.05) is 7.05 Å². The highest BCUT2D eigenvalue weighted by atomic mass is 35.5. The lowest BCUT2D eigenvalue weighted by molar-refractivity contribution is -0.0529. The number of nitrogens with zero attached hydrogens (tertiary/aromatic N) is 2. The third-order valence-electron chi connectivity index (χ3n) is 6.33. The zero-order valence-corrected chi connectivity index (χ0v) is 22.5. The van der Waals surface area contributed by atoms with E-state index in [4.69, 9.17) is 21.3 Å². The highest BCUT2D eigenvalue weighted by Gasteiger charge is 2.27. The fraction of sp³-hybridized carbons (Fsp3) is 0.310. The number of benzene rings is 3. The van der Waals surface area contributed by atoms with Gasteiger partial charge in [0, 0.05) is 35.3 Å². The summed E-state index contributed by atoms with van der Waals surface area (Å²) >= 11 is 7.91. The minimum atomic E-state index is -0.272. The lowest BCUT2D eigenvalue weighted by atomic mass is 9.92. The molecule has 0 saturated carbocycles. The van der Waals surface area contributed by atoms with Crippen LogP contribution in [-0.2, 0) is 11.3 Å². The van der Waals surface area contributed by atoms with E-state index in [0.29, 0.717) is 11.6 Å². The quantitative estimate of drug-likeness (QED) is 0.282. The molecular weight excluding hydrogens is 476 g/mol. The van der Waals surface area contributed by atoms with Gasteiger partial charge in [0.1, 0.15) is 5.01 Å². The molecule has 4 aromatic rings. The van der Waals surface area contributed by atoms with Crippen LogP contribution in [-0.4, -0.2) is 28.4 Å². The van der Waals surface area contributed by atoms with Crippen LogP contribution < -0.4 is 0 Å². The zero-order valence-electron chi connectivity index (χ0n) is 20.9. The monoisotopic (exact) mass is 504 g/mol. The van der Waals surface area contributed by atoms with E-state index in [0.717, 1.165) is 48.6 Å². The molecule has 1 aliphatic rings. The van der Waals surface area contributed by atoms with Gasteiger partial charge >= 0.3 is 0 Å². The molecule has 0 spiro atoms. The van der Waals surface area contributed by atoms with Gasteiger partial charge in [-0.2, -0.15) is 0 Å². The van der Waals surface area contributed by atoms with Crippen molar-refractivity contribution in [3.63, 3.8) is 0 Å². The van der Waals surface area contributed by atoms with Crippen LogP contribution in [0.4, 0.5) is 0 Å². The second kappa shape index (κ2) is 8.74. The molecule has 1 atom stereocenters. The maximum atomic E-state index is 12.3. The van der Waals surface area contributed by atoms with Crippen LogP contribution in [0.5, 0.6) is 0 Å². The molecule has 0 fully saturated rings. The first kappa shape index (κ1) is 24.0. The first-order valence-electron chi connectivity index (χ1n) is 11.8.